The highest BCUT2D eigenvalue weighted by Gasteiger charge is 2.25. The van der Waals surface area contributed by atoms with E-state index < -0.39 is 18.0 Å². The van der Waals surface area contributed by atoms with E-state index in [1.54, 1.807) is 36.9 Å². The number of aliphatic hydroxyl groups excluding tert-OH is 1. The minimum Gasteiger partial charge on any atom is -0.481 e. The number of rotatable bonds is 12. The smallest absolute Gasteiger partial charge is 0.335 e. The normalized spacial score (nSPS) is 17.7. The predicted octanol–water partition coefficient (Wildman–Crippen LogP) is 3.44. The molecule has 1 aromatic rings. The van der Waals surface area contributed by atoms with Crippen LogP contribution in [-0.4, -0.2) is 68.3 Å². The summed E-state index contributed by atoms with van der Waals surface area (Å²) in [6.07, 6.45) is 6.46. The highest BCUT2D eigenvalue weighted by atomic mass is 32.2. The summed E-state index contributed by atoms with van der Waals surface area (Å²) in [6.45, 7) is 4.26. The SMILES string of the molecule is Cc1c(CC(O)C=C[C@H]2CCCC(=O)N2CCCSCCC(=O)O)ccc(C(=O)O)c1C. The van der Waals surface area contributed by atoms with E-state index >= 15 is 0 Å². The van der Waals surface area contributed by atoms with Crippen molar-refractivity contribution >= 4 is 29.6 Å². The molecule has 7 nitrogen and oxygen atoms in total. The molecule has 1 heterocycles. The first-order valence-corrected chi connectivity index (χ1v) is 12.1. The topological polar surface area (TPSA) is 115 Å². The maximum atomic E-state index is 12.4. The molecule has 1 aliphatic heterocycles. The lowest BCUT2D eigenvalue weighted by molar-refractivity contribution is -0.136. The maximum Gasteiger partial charge on any atom is 0.335 e. The van der Waals surface area contributed by atoms with Gasteiger partial charge in [-0.1, -0.05) is 18.2 Å². The molecule has 1 amide bonds. The van der Waals surface area contributed by atoms with Crippen LogP contribution in [0.3, 0.4) is 0 Å². The molecule has 0 bridgehead atoms. The summed E-state index contributed by atoms with van der Waals surface area (Å²) in [5, 5.41) is 28.5. The van der Waals surface area contributed by atoms with Gasteiger partial charge in [-0.25, -0.2) is 4.79 Å². The number of piperidine rings is 1. The summed E-state index contributed by atoms with van der Waals surface area (Å²) in [6, 6.07) is 3.28. The van der Waals surface area contributed by atoms with E-state index in [2.05, 4.69) is 0 Å². The van der Waals surface area contributed by atoms with Crippen LogP contribution >= 0.6 is 11.8 Å². The van der Waals surface area contributed by atoms with Crippen molar-refractivity contribution in [3.8, 4) is 0 Å². The lowest BCUT2D eigenvalue weighted by Gasteiger charge is -2.34. The van der Waals surface area contributed by atoms with Crippen molar-refractivity contribution in [1.29, 1.82) is 0 Å². The first kappa shape index (κ1) is 25.9. The van der Waals surface area contributed by atoms with Crippen LogP contribution in [0.4, 0.5) is 0 Å². The van der Waals surface area contributed by atoms with Crippen LogP contribution in [0.25, 0.3) is 0 Å². The molecule has 0 aromatic heterocycles. The van der Waals surface area contributed by atoms with Gasteiger partial charge in [-0.15, -0.1) is 0 Å². The van der Waals surface area contributed by atoms with Crippen LogP contribution in [0, 0.1) is 13.8 Å². The number of nitrogens with zero attached hydrogens (tertiary/aromatic N) is 1. The number of carbonyl (C=O) groups is 3. The molecule has 8 heteroatoms. The molecule has 1 unspecified atom stereocenters. The van der Waals surface area contributed by atoms with E-state index in [1.165, 1.54) is 0 Å². The molecule has 1 saturated heterocycles. The molecule has 0 radical (unpaired) electrons. The summed E-state index contributed by atoms with van der Waals surface area (Å²) in [7, 11) is 0. The fourth-order valence-electron chi connectivity index (χ4n) is 3.92. The molecule has 1 aromatic carbocycles. The summed E-state index contributed by atoms with van der Waals surface area (Å²) in [5.41, 5.74) is 2.75. The van der Waals surface area contributed by atoms with Crippen LogP contribution in [0.15, 0.2) is 24.3 Å². The molecular formula is C24H33NO6S. The lowest BCUT2D eigenvalue weighted by Crippen LogP contribution is -2.43. The van der Waals surface area contributed by atoms with Crippen molar-refractivity contribution in [2.45, 2.75) is 64.5 Å². The third kappa shape index (κ3) is 7.67. The van der Waals surface area contributed by atoms with Crippen molar-refractivity contribution in [2.24, 2.45) is 0 Å². The van der Waals surface area contributed by atoms with Crippen LogP contribution in [0.5, 0.6) is 0 Å². The molecule has 176 valence electrons. The fraction of sp³-hybridized carbons (Fsp3) is 0.542. The molecule has 0 spiro atoms. The van der Waals surface area contributed by atoms with Gasteiger partial charge in [-0.05, 0) is 61.6 Å². The standard InChI is InChI=1S/C24H33NO6S/c1-16-17(2)21(24(30)31)10-7-18(16)15-20(26)9-8-19-5-3-6-22(27)25(19)12-4-13-32-14-11-23(28)29/h7-10,19-20,26H,3-6,11-15H2,1-2H3,(H,28,29)(H,30,31)/t19-,20?/m1/s1. The van der Waals surface area contributed by atoms with Crippen molar-refractivity contribution in [1.82, 2.24) is 4.90 Å². The third-order valence-electron chi connectivity index (χ3n) is 5.87. The molecule has 32 heavy (non-hydrogen) atoms. The molecular weight excluding hydrogens is 430 g/mol. The van der Waals surface area contributed by atoms with E-state index in [0.29, 0.717) is 30.7 Å². The average molecular weight is 464 g/mol. The first-order chi connectivity index (χ1) is 15.2. The van der Waals surface area contributed by atoms with Gasteiger partial charge >= 0.3 is 11.9 Å². The van der Waals surface area contributed by atoms with Crippen molar-refractivity contribution in [3.63, 3.8) is 0 Å². The van der Waals surface area contributed by atoms with Gasteiger partial charge in [-0.3, -0.25) is 9.59 Å². The Bertz CT molecular complexity index is 853. The minimum absolute atomic E-state index is 0.0489. The number of hydrogen-bond acceptors (Lipinski definition) is 5. The van der Waals surface area contributed by atoms with E-state index in [0.717, 1.165) is 36.1 Å². The van der Waals surface area contributed by atoms with Gasteiger partial charge in [0, 0.05) is 25.1 Å². The maximum absolute atomic E-state index is 12.4. The van der Waals surface area contributed by atoms with Crippen LogP contribution in [0.2, 0.25) is 0 Å². The summed E-state index contributed by atoms with van der Waals surface area (Å²) < 4.78 is 0. The molecule has 0 saturated carbocycles. The zero-order valence-electron chi connectivity index (χ0n) is 18.7. The number of carbonyl (C=O) groups excluding carboxylic acids is 1. The van der Waals surface area contributed by atoms with Crippen molar-refractivity contribution in [2.75, 3.05) is 18.1 Å². The number of carboxylic acids is 2. The molecule has 3 N–H and O–H groups in total. The third-order valence-corrected chi connectivity index (χ3v) is 6.94. The van der Waals surface area contributed by atoms with Gasteiger partial charge in [0.25, 0.3) is 0 Å². The quantitative estimate of drug-likeness (QED) is 0.321. The number of aliphatic carboxylic acids is 1. The first-order valence-electron chi connectivity index (χ1n) is 11.0. The molecule has 1 aliphatic rings. The van der Waals surface area contributed by atoms with Crippen LogP contribution < -0.4 is 0 Å². The van der Waals surface area contributed by atoms with Gasteiger partial charge < -0.3 is 20.2 Å². The van der Waals surface area contributed by atoms with E-state index in [4.69, 9.17) is 5.11 Å². The fourth-order valence-corrected chi connectivity index (χ4v) is 4.77. The van der Waals surface area contributed by atoms with Gasteiger partial charge in [-0.2, -0.15) is 11.8 Å². The number of carboxylic acid groups (broad SMARTS) is 2. The average Bonchev–Trinajstić information content (AvgIpc) is 2.73. The number of aromatic carboxylic acids is 1. The summed E-state index contributed by atoms with van der Waals surface area (Å²) in [5.74, 6) is -0.256. The van der Waals surface area contributed by atoms with Crippen LogP contribution in [0.1, 0.15) is 59.2 Å². The highest BCUT2D eigenvalue weighted by Crippen LogP contribution is 2.22. The Morgan fingerprint density at radius 1 is 1.22 bits per heavy atom. The Morgan fingerprint density at radius 3 is 2.66 bits per heavy atom. The molecule has 2 atom stereocenters. The van der Waals surface area contributed by atoms with E-state index in [-0.39, 0.29) is 23.9 Å². The zero-order chi connectivity index (χ0) is 23.7. The number of likely N-dealkylation sites (tertiary alicyclic amines) is 1. The van der Waals surface area contributed by atoms with Gasteiger partial charge in [0.05, 0.1) is 24.1 Å². The van der Waals surface area contributed by atoms with Crippen molar-refractivity contribution < 1.29 is 29.7 Å². The second-order valence-corrected chi connectivity index (χ2v) is 9.36. The van der Waals surface area contributed by atoms with E-state index in [9.17, 15) is 24.6 Å². The Morgan fingerprint density at radius 2 is 1.97 bits per heavy atom. The summed E-state index contributed by atoms with van der Waals surface area (Å²) >= 11 is 1.58. The molecule has 1 fully saturated rings. The Kier molecular flexibility index (Phi) is 10.3. The number of thioether (sulfide) groups is 1. The Balaban J connectivity index is 1.92. The van der Waals surface area contributed by atoms with Gasteiger partial charge in [0.2, 0.25) is 5.91 Å². The highest BCUT2D eigenvalue weighted by molar-refractivity contribution is 7.99. The van der Waals surface area contributed by atoms with Gasteiger partial charge in [0.1, 0.15) is 0 Å². The minimum atomic E-state index is -0.958. The van der Waals surface area contributed by atoms with E-state index in [1.807, 2.05) is 17.9 Å². The monoisotopic (exact) mass is 463 g/mol. The lowest BCUT2D eigenvalue weighted by atomic mass is 9.94. The van der Waals surface area contributed by atoms with Gasteiger partial charge in [0.15, 0.2) is 0 Å². The second-order valence-electron chi connectivity index (χ2n) is 8.14. The Hall–Kier alpha value is -2.32. The van der Waals surface area contributed by atoms with Crippen LogP contribution in [-0.2, 0) is 16.0 Å². The number of amides is 1. The second kappa shape index (κ2) is 12.6. The largest absolute Gasteiger partial charge is 0.481 e. The number of benzene rings is 1. The zero-order valence-corrected chi connectivity index (χ0v) is 19.6. The molecule has 0 aliphatic carbocycles. The van der Waals surface area contributed by atoms with Crippen molar-refractivity contribution in [3.05, 3.63) is 46.5 Å². The Labute approximate surface area is 193 Å². The predicted molar refractivity (Wildman–Crippen MR) is 125 cm³/mol. The number of aliphatic hydroxyl groups is 1. The summed E-state index contributed by atoms with van der Waals surface area (Å²) in [4.78, 5) is 36.1. The number of hydrogen-bond donors (Lipinski definition) is 3. The molecule has 2 rings (SSSR count).